The van der Waals surface area contributed by atoms with Crippen LogP contribution in [0.1, 0.15) is 34.6 Å². The van der Waals surface area contributed by atoms with Gasteiger partial charge in [-0.25, -0.2) is 9.18 Å². The Morgan fingerprint density at radius 3 is 2.35 bits per heavy atom. The van der Waals surface area contributed by atoms with Crippen LogP contribution in [0.2, 0.25) is 0 Å². The summed E-state index contributed by atoms with van der Waals surface area (Å²) in [5.41, 5.74) is 6.22. The van der Waals surface area contributed by atoms with E-state index in [1.54, 1.807) is 12.1 Å². The van der Waals surface area contributed by atoms with Gasteiger partial charge in [-0.05, 0) is 58.9 Å². The number of ether oxygens (including phenoxy) is 1. The zero-order valence-corrected chi connectivity index (χ0v) is 14.6. The van der Waals surface area contributed by atoms with Crippen molar-refractivity contribution in [3.05, 3.63) is 30.1 Å². The lowest BCUT2D eigenvalue weighted by Gasteiger charge is -2.36. The van der Waals surface area contributed by atoms with Gasteiger partial charge in [-0.2, -0.15) is 0 Å². The monoisotopic (exact) mass is 325 g/mol. The van der Waals surface area contributed by atoms with Gasteiger partial charge in [0.2, 0.25) is 0 Å². The zero-order chi connectivity index (χ0) is 17.6. The first-order chi connectivity index (χ1) is 10.7. The number of hydrogen-bond acceptors (Lipinski definition) is 4. The van der Waals surface area contributed by atoms with E-state index in [1.807, 2.05) is 39.5 Å². The number of benzene rings is 1. The van der Waals surface area contributed by atoms with Crippen LogP contribution in [-0.2, 0) is 4.74 Å². The van der Waals surface area contributed by atoms with Crippen LogP contribution in [0, 0.1) is 5.82 Å². The van der Waals surface area contributed by atoms with Gasteiger partial charge < -0.3 is 20.7 Å². The summed E-state index contributed by atoms with van der Waals surface area (Å²) >= 11 is 0. The Balaban J connectivity index is 2.83. The fourth-order valence-electron chi connectivity index (χ4n) is 2.43. The molecule has 0 radical (unpaired) electrons. The third-order valence-electron chi connectivity index (χ3n) is 3.46. The molecule has 0 aliphatic carbocycles. The summed E-state index contributed by atoms with van der Waals surface area (Å²) in [4.78, 5) is 14.0. The van der Waals surface area contributed by atoms with E-state index in [0.29, 0.717) is 13.1 Å². The number of carbonyl (C=O) groups excluding carboxylic acids is 1. The van der Waals surface area contributed by atoms with Crippen LogP contribution in [0.3, 0.4) is 0 Å². The Kier molecular flexibility index (Phi) is 6.81. The highest BCUT2D eigenvalue weighted by atomic mass is 19.1. The van der Waals surface area contributed by atoms with Gasteiger partial charge >= 0.3 is 6.09 Å². The van der Waals surface area contributed by atoms with Crippen molar-refractivity contribution in [2.75, 3.05) is 18.0 Å². The highest BCUT2D eigenvalue weighted by molar-refractivity contribution is 5.68. The number of rotatable bonds is 6. The highest BCUT2D eigenvalue weighted by Gasteiger charge is 2.26. The first kappa shape index (κ1) is 19.2. The summed E-state index contributed by atoms with van der Waals surface area (Å²) in [5, 5.41) is 2.83. The summed E-state index contributed by atoms with van der Waals surface area (Å²) in [7, 11) is 0. The Morgan fingerprint density at radius 1 is 1.35 bits per heavy atom. The fourth-order valence-corrected chi connectivity index (χ4v) is 2.43. The second-order valence-corrected chi connectivity index (χ2v) is 6.50. The number of carbonyl (C=O) groups is 1. The molecule has 0 spiro atoms. The Hall–Kier alpha value is -1.82. The van der Waals surface area contributed by atoms with Crippen molar-refractivity contribution in [2.45, 2.75) is 52.3 Å². The smallest absolute Gasteiger partial charge is 0.407 e. The van der Waals surface area contributed by atoms with Crippen molar-refractivity contribution in [1.29, 1.82) is 0 Å². The van der Waals surface area contributed by atoms with Gasteiger partial charge in [0, 0.05) is 18.8 Å². The van der Waals surface area contributed by atoms with Crippen molar-refractivity contribution in [3.8, 4) is 0 Å². The Labute approximate surface area is 138 Å². The molecule has 1 aromatic rings. The maximum atomic E-state index is 13.1. The number of anilines is 1. The molecule has 2 unspecified atom stereocenters. The first-order valence-electron chi connectivity index (χ1n) is 7.89. The van der Waals surface area contributed by atoms with E-state index in [4.69, 9.17) is 10.5 Å². The minimum absolute atomic E-state index is 0.127. The SMILES string of the molecule is CCN(c1ccc(F)cc1)C(CN)C(C)NC(=O)OC(C)(C)C. The van der Waals surface area contributed by atoms with Gasteiger partial charge in [0.1, 0.15) is 11.4 Å². The molecule has 0 aromatic heterocycles. The van der Waals surface area contributed by atoms with E-state index < -0.39 is 11.7 Å². The lowest BCUT2D eigenvalue weighted by molar-refractivity contribution is 0.0502. The number of likely N-dealkylation sites (N-methyl/N-ethyl adjacent to an activating group) is 1. The second kappa shape index (κ2) is 8.15. The van der Waals surface area contributed by atoms with Crippen molar-refractivity contribution in [1.82, 2.24) is 5.32 Å². The number of nitrogens with zero attached hydrogens (tertiary/aromatic N) is 1. The quantitative estimate of drug-likeness (QED) is 0.844. The fraction of sp³-hybridized carbons (Fsp3) is 0.588. The van der Waals surface area contributed by atoms with Gasteiger partial charge in [-0.15, -0.1) is 0 Å². The number of alkyl carbamates (subject to hydrolysis) is 1. The molecule has 1 aromatic carbocycles. The number of halogens is 1. The van der Waals surface area contributed by atoms with E-state index >= 15 is 0 Å². The van der Waals surface area contributed by atoms with Crippen LogP contribution < -0.4 is 16.0 Å². The summed E-state index contributed by atoms with van der Waals surface area (Å²) in [6, 6.07) is 5.90. The van der Waals surface area contributed by atoms with Gasteiger partial charge in [0.05, 0.1) is 12.1 Å². The minimum Gasteiger partial charge on any atom is -0.444 e. The molecule has 0 saturated carbocycles. The molecule has 0 aliphatic rings. The summed E-state index contributed by atoms with van der Waals surface area (Å²) in [6.45, 7) is 10.4. The predicted molar refractivity (Wildman–Crippen MR) is 91.1 cm³/mol. The van der Waals surface area contributed by atoms with Crippen molar-refractivity contribution in [3.63, 3.8) is 0 Å². The predicted octanol–water partition coefficient (Wildman–Crippen LogP) is 2.89. The standard InChI is InChI=1S/C17H28FN3O2/c1-6-21(14-9-7-13(18)8-10-14)15(11-19)12(2)20-16(22)23-17(3,4)5/h7-10,12,15H,6,11,19H2,1-5H3,(H,20,22). The molecule has 1 rings (SSSR count). The van der Waals surface area contributed by atoms with E-state index in [0.717, 1.165) is 5.69 Å². The minimum atomic E-state index is -0.552. The summed E-state index contributed by atoms with van der Waals surface area (Å²) < 4.78 is 18.4. The topological polar surface area (TPSA) is 67.6 Å². The average molecular weight is 325 g/mol. The molecular weight excluding hydrogens is 297 g/mol. The van der Waals surface area contributed by atoms with Crippen LogP contribution in [0.25, 0.3) is 0 Å². The average Bonchev–Trinajstić information content (AvgIpc) is 2.43. The van der Waals surface area contributed by atoms with Crippen molar-refractivity contribution in [2.24, 2.45) is 5.73 Å². The molecule has 0 fully saturated rings. The maximum Gasteiger partial charge on any atom is 0.407 e. The molecule has 0 saturated heterocycles. The van der Waals surface area contributed by atoms with Crippen LogP contribution in [-0.4, -0.2) is 36.9 Å². The van der Waals surface area contributed by atoms with Crippen LogP contribution in [0.4, 0.5) is 14.9 Å². The number of amides is 1. The molecule has 1 amide bonds. The van der Waals surface area contributed by atoms with Crippen LogP contribution in [0.5, 0.6) is 0 Å². The third kappa shape index (κ3) is 6.06. The van der Waals surface area contributed by atoms with Gasteiger partial charge in [0.25, 0.3) is 0 Å². The maximum absolute atomic E-state index is 13.1. The largest absolute Gasteiger partial charge is 0.444 e. The molecule has 130 valence electrons. The molecule has 0 bridgehead atoms. The number of nitrogens with one attached hydrogen (secondary N) is 1. The molecule has 5 nitrogen and oxygen atoms in total. The van der Waals surface area contributed by atoms with E-state index in [1.165, 1.54) is 12.1 Å². The summed E-state index contributed by atoms with van der Waals surface area (Å²) in [5.74, 6) is -0.283. The molecular formula is C17H28FN3O2. The first-order valence-corrected chi connectivity index (χ1v) is 7.89. The normalized spacial score (nSPS) is 14.0. The number of hydrogen-bond donors (Lipinski definition) is 2. The van der Waals surface area contributed by atoms with Crippen molar-refractivity contribution >= 4 is 11.8 Å². The lowest BCUT2D eigenvalue weighted by Crippen LogP contribution is -2.54. The summed E-state index contributed by atoms with van der Waals surface area (Å²) in [6.07, 6.45) is -0.474. The van der Waals surface area contributed by atoms with Crippen LogP contribution in [0.15, 0.2) is 24.3 Å². The van der Waals surface area contributed by atoms with Gasteiger partial charge in [0.15, 0.2) is 0 Å². The highest BCUT2D eigenvalue weighted by Crippen LogP contribution is 2.19. The zero-order valence-electron chi connectivity index (χ0n) is 14.6. The lowest BCUT2D eigenvalue weighted by atomic mass is 10.1. The molecule has 6 heteroatoms. The molecule has 2 atom stereocenters. The van der Waals surface area contributed by atoms with Crippen LogP contribution >= 0.6 is 0 Å². The third-order valence-corrected chi connectivity index (χ3v) is 3.46. The molecule has 23 heavy (non-hydrogen) atoms. The molecule has 0 aliphatic heterocycles. The number of nitrogens with two attached hydrogens (primary N) is 1. The second-order valence-electron chi connectivity index (χ2n) is 6.50. The van der Waals surface area contributed by atoms with Crippen molar-refractivity contribution < 1.29 is 13.9 Å². The Morgan fingerprint density at radius 2 is 1.91 bits per heavy atom. The van der Waals surface area contributed by atoms with E-state index in [2.05, 4.69) is 5.32 Å². The molecule has 3 N–H and O–H groups in total. The van der Waals surface area contributed by atoms with E-state index in [-0.39, 0.29) is 17.9 Å². The molecule has 0 heterocycles. The van der Waals surface area contributed by atoms with Gasteiger partial charge in [-0.3, -0.25) is 0 Å². The van der Waals surface area contributed by atoms with Gasteiger partial charge in [-0.1, -0.05) is 0 Å². The Bertz CT molecular complexity index is 500. The van der Waals surface area contributed by atoms with E-state index in [9.17, 15) is 9.18 Å².